The van der Waals surface area contributed by atoms with Gasteiger partial charge in [0.25, 0.3) is 0 Å². The lowest BCUT2D eigenvalue weighted by molar-refractivity contribution is -0.121. The van der Waals surface area contributed by atoms with Crippen molar-refractivity contribution < 1.29 is 14.1 Å². The van der Waals surface area contributed by atoms with Crippen LogP contribution in [0.2, 0.25) is 5.02 Å². The lowest BCUT2D eigenvalue weighted by Gasteiger charge is -2.31. The topological polar surface area (TPSA) is 80.5 Å². The molecule has 1 amide bonds. The molecule has 36 heavy (non-hydrogen) atoms. The number of carbonyl (C=O) groups excluding carboxylic acids is 1. The van der Waals surface area contributed by atoms with Crippen molar-refractivity contribution in [2.75, 3.05) is 18.4 Å². The highest BCUT2D eigenvalue weighted by molar-refractivity contribution is 6.31. The van der Waals surface area contributed by atoms with Gasteiger partial charge in [0.05, 0.1) is 18.2 Å². The molecule has 1 aromatic heterocycles. The molecule has 1 atom stereocenters. The van der Waals surface area contributed by atoms with E-state index in [1.165, 1.54) is 0 Å². The van der Waals surface area contributed by atoms with Crippen LogP contribution in [-0.2, 0) is 11.3 Å². The number of ether oxygens (including phenoxy) is 1. The van der Waals surface area contributed by atoms with E-state index in [9.17, 15) is 4.79 Å². The minimum atomic E-state index is -0.179. The van der Waals surface area contributed by atoms with Crippen molar-refractivity contribution in [2.24, 2.45) is 5.92 Å². The van der Waals surface area contributed by atoms with Crippen molar-refractivity contribution in [2.45, 2.75) is 26.3 Å². The summed E-state index contributed by atoms with van der Waals surface area (Å²) in [6.07, 6.45) is 1.70. The zero-order valence-electron chi connectivity index (χ0n) is 20.0. The van der Waals surface area contributed by atoms with Gasteiger partial charge in [0.15, 0.2) is 5.75 Å². The Hall–Kier alpha value is -3.68. The first kappa shape index (κ1) is 24.0. The zero-order valence-corrected chi connectivity index (χ0v) is 20.7. The quantitative estimate of drug-likeness (QED) is 0.317. The second-order valence-electron chi connectivity index (χ2n) is 9.00. The number of likely N-dealkylation sites (tertiary alicyclic amines) is 1. The number of halogens is 1. The molecule has 1 N–H and O–H groups in total. The number of piperidine rings is 1. The highest BCUT2D eigenvalue weighted by atomic mass is 35.5. The van der Waals surface area contributed by atoms with Crippen LogP contribution in [0.1, 0.15) is 24.3 Å². The van der Waals surface area contributed by atoms with E-state index in [4.69, 9.17) is 20.9 Å². The Balaban J connectivity index is 1.23. The van der Waals surface area contributed by atoms with Gasteiger partial charge in [0.2, 0.25) is 17.6 Å². The Morgan fingerprint density at radius 1 is 1.14 bits per heavy atom. The summed E-state index contributed by atoms with van der Waals surface area (Å²) in [4.78, 5) is 20.0. The summed E-state index contributed by atoms with van der Waals surface area (Å²) in [6, 6.07) is 22.7. The maximum absolute atomic E-state index is 13.2. The standard InChI is InChI=1S/C28H27ClN4O3/c1-19-7-5-8-20(15-19)27-31-26(36-32-27)18-33-14-6-9-21(17-33)28(34)30-24-16-22(29)12-13-25(24)35-23-10-3-2-4-11-23/h2-5,7-8,10-13,15-16,21H,6,9,14,17-18H2,1H3,(H,30,34). The van der Waals surface area contributed by atoms with E-state index in [2.05, 4.69) is 20.4 Å². The average molecular weight is 503 g/mol. The van der Waals surface area contributed by atoms with Gasteiger partial charge in [-0.3, -0.25) is 9.69 Å². The summed E-state index contributed by atoms with van der Waals surface area (Å²) in [5.74, 6) is 2.10. The number of hydrogen-bond acceptors (Lipinski definition) is 6. The van der Waals surface area contributed by atoms with Gasteiger partial charge in [-0.15, -0.1) is 0 Å². The molecule has 5 rings (SSSR count). The summed E-state index contributed by atoms with van der Waals surface area (Å²) in [5, 5.41) is 7.69. The highest BCUT2D eigenvalue weighted by Gasteiger charge is 2.27. The van der Waals surface area contributed by atoms with Crippen molar-refractivity contribution in [1.82, 2.24) is 15.0 Å². The van der Waals surface area contributed by atoms with Crippen LogP contribution in [-0.4, -0.2) is 34.0 Å². The fraction of sp³-hybridized carbons (Fsp3) is 0.250. The molecule has 0 aliphatic carbocycles. The predicted molar refractivity (Wildman–Crippen MR) is 139 cm³/mol. The molecule has 1 unspecified atom stereocenters. The Labute approximate surface area is 215 Å². The Morgan fingerprint density at radius 2 is 2.00 bits per heavy atom. The predicted octanol–water partition coefficient (Wildman–Crippen LogP) is 6.34. The number of aromatic nitrogens is 2. The lowest BCUT2D eigenvalue weighted by Crippen LogP contribution is -2.40. The number of hydrogen-bond donors (Lipinski definition) is 1. The molecule has 7 nitrogen and oxygen atoms in total. The van der Waals surface area contributed by atoms with Gasteiger partial charge in [-0.2, -0.15) is 4.98 Å². The van der Waals surface area contributed by atoms with E-state index >= 15 is 0 Å². The molecule has 2 heterocycles. The van der Waals surface area contributed by atoms with Crippen molar-refractivity contribution >= 4 is 23.2 Å². The minimum absolute atomic E-state index is 0.0640. The van der Waals surface area contributed by atoms with Gasteiger partial charge in [-0.1, -0.05) is 58.7 Å². The smallest absolute Gasteiger partial charge is 0.241 e. The van der Waals surface area contributed by atoms with Crippen LogP contribution in [0.3, 0.4) is 0 Å². The highest BCUT2D eigenvalue weighted by Crippen LogP contribution is 2.33. The number of nitrogens with zero attached hydrogens (tertiary/aromatic N) is 3. The number of amides is 1. The molecule has 1 aliphatic heterocycles. The van der Waals surface area contributed by atoms with Crippen LogP contribution < -0.4 is 10.1 Å². The molecule has 184 valence electrons. The third-order valence-corrected chi connectivity index (χ3v) is 6.39. The van der Waals surface area contributed by atoms with Crippen LogP contribution in [0.5, 0.6) is 11.5 Å². The third kappa shape index (κ3) is 5.93. The first-order valence-corrected chi connectivity index (χ1v) is 12.4. The maximum atomic E-state index is 13.2. The molecule has 0 spiro atoms. The van der Waals surface area contributed by atoms with E-state index in [0.29, 0.717) is 47.0 Å². The normalized spacial score (nSPS) is 16.0. The zero-order chi connectivity index (χ0) is 24.9. The average Bonchev–Trinajstić information content (AvgIpc) is 3.35. The molecule has 4 aromatic rings. The maximum Gasteiger partial charge on any atom is 0.241 e. The van der Waals surface area contributed by atoms with E-state index in [1.54, 1.807) is 18.2 Å². The number of rotatable bonds is 7. The number of benzene rings is 3. The van der Waals surface area contributed by atoms with Crippen LogP contribution in [0.15, 0.2) is 77.3 Å². The van der Waals surface area contributed by atoms with E-state index in [-0.39, 0.29) is 11.8 Å². The van der Waals surface area contributed by atoms with Gasteiger partial charge in [-0.25, -0.2) is 0 Å². The van der Waals surface area contributed by atoms with Gasteiger partial charge >= 0.3 is 0 Å². The van der Waals surface area contributed by atoms with Gasteiger partial charge in [0, 0.05) is 17.1 Å². The van der Waals surface area contributed by atoms with Crippen LogP contribution in [0.4, 0.5) is 5.69 Å². The van der Waals surface area contributed by atoms with Gasteiger partial charge < -0.3 is 14.6 Å². The van der Waals surface area contributed by atoms with Crippen molar-refractivity contribution in [3.05, 3.63) is 89.3 Å². The second-order valence-corrected chi connectivity index (χ2v) is 9.44. The SMILES string of the molecule is Cc1cccc(-c2noc(CN3CCCC(C(=O)Nc4cc(Cl)ccc4Oc4ccccc4)C3)n2)c1. The first-order valence-electron chi connectivity index (χ1n) is 12.0. The fourth-order valence-electron chi connectivity index (χ4n) is 4.36. The number of anilines is 1. The van der Waals surface area contributed by atoms with E-state index in [1.807, 2.05) is 61.5 Å². The monoisotopic (exact) mass is 502 g/mol. The van der Waals surface area contributed by atoms with Crippen molar-refractivity contribution in [1.29, 1.82) is 0 Å². The lowest BCUT2D eigenvalue weighted by atomic mass is 9.97. The largest absolute Gasteiger partial charge is 0.455 e. The summed E-state index contributed by atoms with van der Waals surface area (Å²) in [7, 11) is 0. The molecule has 0 bridgehead atoms. The number of carbonyl (C=O) groups is 1. The number of nitrogens with one attached hydrogen (secondary N) is 1. The Bertz CT molecular complexity index is 1340. The van der Waals surface area contributed by atoms with Crippen molar-refractivity contribution in [3.8, 4) is 22.9 Å². The van der Waals surface area contributed by atoms with Gasteiger partial charge in [-0.05, 0) is 62.7 Å². The Kier molecular flexibility index (Phi) is 7.30. The summed E-state index contributed by atoms with van der Waals surface area (Å²) in [6.45, 7) is 4.00. The summed E-state index contributed by atoms with van der Waals surface area (Å²) in [5.41, 5.74) is 2.62. The number of para-hydroxylation sites is 1. The Morgan fingerprint density at radius 3 is 2.83 bits per heavy atom. The van der Waals surface area contributed by atoms with Crippen molar-refractivity contribution in [3.63, 3.8) is 0 Å². The third-order valence-electron chi connectivity index (χ3n) is 6.15. The molecular weight excluding hydrogens is 476 g/mol. The molecule has 3 aromatic carbocycles. The molecule has 1 aliphatic rings. The van der Waals surface area contributed by atoms with E-state index < -0.39 is 0 Å². The minimum Gasteiger partial charge on any atom is -0.455 e. The van der Waals surface area contributed by atoms with Gasteiger partial charge in [0.1, 0.15) is 5.75 Å². The van der Waals surface area contributed by atoms with Crippen LogP contribution in [0.25, 0.3) is 11.4 Å². The molecule has 1 fully saturated rings. The molecular formula is C28H27ClN4O3. The molecule has 0 saturated carbocycles. The fourth-order valence-corrected chi connectivity index (χ4v) is 4.54. The molecule has 0 radical (unpaired) electrons. The molecule has 8 heteroatoms. The number of aryl methyl sites for hydroxylation is 1. The van der Waals surface area contributed by atoms with Crippen LogP contribution in [0, 0.1) is 12.8 Å². The first-order chi connectivity index (χ1) is 17.5. The second kappa shape index (κ2) is 10.9. The van der Waals surface area contributed by atoms with Crippen LogP contribution >= 0.6 is 11.6 Å². The summed E-state index contributed by atoms with van der Waals surface area (Å²) < 4.78 is 11.5. The molecule has 1 saturated heterocycles. The van der Waals surface area contributed by atoms with E-state index in [0.717, 1.165) is 30.5 Å². The summed E-state index contributed by atoms with van der Waals surface area (Å²) >= 11 is 6.22.